The van der Waals surface area contributed by atoms with Crippen LogP contribution in [-0.2, 0) is 17.8 Å². The molecule has 5 heterocycles. The molecule has 1 amide bonds. The van der Waals surface area contributed by atoms with E-state index < -0.39 is 5.82 Å². The van der Waals surface area contributed by atoms with Gasteiger partial charge in [-0.25, -0.2) is 14.4 Å². The number of hydrogen-bond donors (Lipinski definition) is 0. The van der Waals surface area contributed by atoms with Gasteiger partial charge in [-0.3, -0.25) is 4.79 Å². The maximum Gasteiger partial charge on any atom is 0.318 e. The second-order valence-corrected chi connectivity index (χ2v) is 13.2. The van der Waals surface area contributed by atoms with Crippen LogP contribution in [-0.4, -0.2) is 94.1 Å². The van der Waals surface area contributed by atoms with Crippen molar-refractivity contribution in [3.05, 3.63) is 83.3 Å². The maximum atomic E-state index is 14.6. The molecule has 11 nitrogen and oxygen atoms in total. The van der Waals surface area contributed by atoms with E-state index in [1.807, 2.05) is 18.2 Å². The minimum absolute atomic E-state index is 0.102. The molecule has 0 bridgehead atoms. The van der Waals surface area contributed by atoms with Crippen molar-refractivity contribution in [2.45, 2.75) is 44.3 Å². The van der Waals surface area contributed by atoms with Gasteiger partial charge < -0.3 is 24.3 Å². The lowest BCUT2D eigenvalue weighted by molar-refractivity contribution is -0.127. The van der Waals surface area contributed by atoms with Crippen LogP contribution in [0.2, 0.25) is 5.02 Å². The first-order valence-corrected chi connectivity index (χ1v) is 16.9. The molecule has 2 atom stereocenters. The number of anilines is 2. The van der Waals surface area contributed by atoms with E-state index in [-0.39, 0.29) is 35.0 Å². The molecule has 4 aromatic rings. The van der Waals surface area contributed by atoms with E-state index in [0.29, 0.717) is 62.7 Å². The Morgan fingerprint density at radius 1 is 1.10 bits per heavy atom. The summed E-state index contributed by atoms with van der Waals surface area (Å²) in [7, 11) is 2.10. The SMILES string of the molecule is C=C(C(=O)N1CCN(c2nc(OC[C@@H]3CCCN3C)nc3c2CCN(c2cccc4ccc(F)c(Cl)c24)C3)C[C@@H]1CC#N)c1cncnc1. The molecule has 2 fully saturated rings. The Morgan fingerprint density at radius 2 is 1.94 bits per heavy atom. The topological polar surface area (TPSA) is 115 Å². The summed E-state index contributed by atoms with van der Waals surface area (Å²) in [5.41, 5.74) is 3.50. The van der Waals surface area contributed by atoms with Crippen LogP contribution in [0.5, 0.6) is 6.01 Å². The second kappa shape index (κ2) is 13.9. The van der Waals surface area contributed by atoms with Crippen LogP contribution in [0.1, 0.15) is 36.1 Å². The minimum Gasteiger partial charge on any atom is -0.462 e. The molecule has 3 aliphatic rings. The van der Waals surface area contributed by atoms with Crippen LogP contribution in [0.25, 0.3) is 16.3 Å². The fraction of sp³-hybridized carbons (Fsp3) is 0.389. The standard InChI is InChI=1S/C36H37ClFN9O2/c1-23(25-17-40-22-41-18-25)35(48)47-16-15-46(19-26(47)10-12-39)34-28-11-14-45(31-7-3-5-24-8-9-29(38)33(37)32(24)31)20-30(28)42-36(43-34)49-21-27-6-4-13-44(27)2/h3,5,7-9,17-18,22,26-27H,1,4,6,10-11,13-16,19-21H2,2H3/t26-,27-/m0/s1. The summed E-state index contributed by atoms with van der Waals surface area (Å²) in [5.74, 6) is 0.0538. The van der Waals surface area contributed by atoms with Crippen molar-refractivity contribution in [3.8, 4) is 12.1 Å². The zero-order valence-corrected chi connectivity index (χ0v) is 28.1. The summed E-state index contributed by atoms with van der Waals surface area (Å²) in [6.45, 7) is 7.91. The lowest BCUT2D eigenvalue weighted by Crippen LogP contribution is -2.56. The molecule has 0 unspecified atom stereocenters. The lowest BCUT2D eigenvalue weighted by atomic mass is 10.0. The Balaban J connectivity index is 1.20. The van der Waals surface area contributed by atoms with Gasteiger partial charge in [-0.15, -0.1) is 0 Å². The molecule has 0 aliphatic carbocycles. The van der Waals surface area contributed by atoms with E-state index in [4.69, 9.17) is 26.3 Å². The van der Waals surface area contributed by atoms with Crippen molar-refractivity contribution >= 4 is 45.4 Å². The van der Waals surface area contributed by atoms with Crippen LogP contribution in [0, 0.1) is 17.1 Å². The first-order chi connectivity index (χ1) is 23.8. The van der Waals surface area contributed by atoms with E-state index in [2.05, 4.69) is 44.4 Å². The van der Waals surface area contributed by atoms with E-state index in [1.54, 1.807) is 23.4 Å². The van der Waals surface area contributed by atoms with Crippen molar-refractivity contribution in [1.29, 1.82) is 5.26 Å². The van der Waals surface area contributed by atoms with Gasteiger partial charge in [0.2, 0.25) is 0 Å². The quantitative estimate of drug-likeness (QED) is 0.238. The fourth-order valence-corrected chi connectivity index (χ4v) is 7.45. The molecular weight excluding hydrogens is 645 g/mol. The number of halogens is 2. The number of piperazine rings is 1. The highest BCUT2D eigenvalue weighted by molar-refractivity contribution is 6.36. The van der Waals surface area contributed by atoms with Gasteiger partial charge in [0.1, 0.15) is 24.6 Å². The third-order valence-corrected chi connectivity index (χ3v) is 10.3. The Kier molecular flexibility index (Phi) is 9.29. The number of nitrogens with zero attached hydrogens (tertiary/aromatic N) is 9. The number of nitriles is 1. The van der Waals surface area contributed by atoms with Gasteiger partial charge in [-0.1, -0.05) is 36.4 Å². The number of aromatic nitrogens is 4. The van der Waals surface area contributed by atoms with Crippen LogP contribution < -0.4 is 14.5 Å². The molecular formula is C36H37ClFN9O2. The number of likely N-dealkylation sites (tertiary alicyclic amines) is 1. The Labute approximate surface area is 289 Å². The minimum atomic E-state index is -0.457. The van der Waals surface area contributed by atoms with E-state index >= 15 is 0 Å². The normalized spacial score (nSPS) is 19.5. The molecule has 2 saturated heterocycles. The van der Waals surface area contributed by atoms with Gasteiger partial charge >= 0.3 is 6.01 Å². The average Bonchev–Trinajstić information content (AvgIpc) is 3.55. The number of likely N-dealkylation sites (N-methyl/N-ethyl adjacent to an activating group) is 1. The average molecular weight is 682 g/mol. The Bertz CT molecular complexity index is 1940. The van der Waals surface area contributed by atoms with Gasteiger partial charge in [-0.05, 0) is 50.4 Å². The molecule has 2 aromatic heterocycles. The molecule has 0 saturated carbocycles. The predicted molar refractivity (Wildman–Crippen MR) is 186 cm³/mol. The first kappa shape index (κ1) is 32.7. The summed E-state index contributed by atoms with van der Waals surface area (Å²) < 4.78 is 20.9. The largest absolute Gasteiger partial charge is 0.462 e. The summed E-state index contributed by atoms with van der Waals surface area (Å²) in [6.07, 6.45) is 7.48. The number of ether oxygens (including phenoxy) is 1. The van der Waals surface area contributed by atoms with Gasteiger partial charge in [-0.2, -0.15) is 15.2 Å². The van der Waals surface area contributed by atoms with E-state index in [0.717, 1.165) is 47.5 Å². The molecule has 0 N–H and O–H groups in total. The predicted octanol–water partition coefficient (Wildman–Crippen LogP) is 4.89. The number of hydrogen-bond acceptors (Lipinski definition) is 10. The van der Waals surface area contributed by atoms with E-state index in [9.17, 15) is 14.4 Å². The molecule has 0 spiro atoms. The fourth-order valence-electron chi connectivity index (χ4n) is 7.18. The molecule has 252 valence electrons. The van der Waals surface area contributed by atoms with Gasteiger partial charge in [0.05, 0.1) is 35.8 Å². The van der Waals surface area contributed by atoms with E-state index in [1.165, 1.54) is 12.4 Å². The Hall–Kier alpha value is -4.86. The van der Waals surface area contributed by atoms with Crippen molar-refractivity contribution in [3.63, 3.8) is 0 Å². The van der Waals surface area contributed by atoms with Crippen molar-refractivity contribution in [2.24, 2.45) is 0 Å². The lowest BCUT2D eigenvalue weighted by Gasteiger charge is -2.42. The monoisotopic (exact) mass is 681 g/mol. The Morgan fingerprint density at radius 3 is 2.71 bits per heavy atom. The summed E-state index contributed by atoms with van der Waals surface area (Å²) >= 11 is 6.53. The highest BCUT2D eigenvalue weighted by Gasteiger charge is 2.35. The van der Waals surface area contributed by atoms with Gasteiger partial charge in [0.25, 0.3) is 5.91 Å². The molecule has 0 radical (unpaired) electrons. The smallest absolute Gasteiger partial charge is 0.318 e. The summed E-state index contributed by atoms with van der Waals surface area (Å²) in [4.78, 5) is 39.9. The number of carbonyl (C=O) groups excluding carboxylic acids is 1. The molecule has 7 rings (SSSR count). The van der Waals surface area contributed by atoms with Gasteiger partial charge in [0, 0.05) is 72.4 Å². The van der Waals surface area contributed by atoms with Crippen molar-refractivity contribution in [2.75, 3.05) is 56.2 Å². The maximum absolute atomic E-state index is 14.6. The zero-order chi connectivity index (χ0) is 34.1. The summed E-state index contributed by atoms with van der Waals surface area (Å²) in [6, 6.07) is 11.4. The molecule has 2 aromatic carbocycles. The molecule has 13 heteroatoms. The van der Waals surface area contributed by atoms with Gasteiger partial charge in [0.15, 0.2) is 0 Å². The molecule has 3 aliphatic heterocycles. The zero-order valence-electron chi connectivity index (χ0n) is 27.4. The third-order valence-electron chi connectivity index (χ3n) is 9.89. The van der Waals surface area contributed by atoms with Crippen LogP contribution in [0.15, 0.2) is 55.6 Å². The number of carbonyl (C=O) groups is 1. The van der Waals surface area contributed by atoms with Crippen LogP contribution in [0.3, 0.4) is 0 Å². The highest BCUT2D eigenvalue weighted by Crippen LogP contribution is 2.38. The number of rotatable bonds is 8. The number of fused-ring (bicyclic) bond motifs is 2. The highest BCUT2D eigenvalue weighted by atomic mass is 35.5. The number of benzene rings is 2. The van der Waals surface area contributed by atoms with Crippen LogP contribution in [0.4, 0.5) is 15.9 Å². The van der Waals surface area contributed by atoms with Crippen LogP contribution >= 0.6 is 11.6 Å². The number of amides is 1. The summed E-state index contributed by atoms with van der Waals surface area (Å²) in [5, 5.41) is 11.4. The van der Waals surface area contributed by atoms with Crippen molar-refractivity contribution in [1.82, 2.24) is 29.7 Å². The van der Waals surface area contributed by atoms with Crippen molar-refractivity contribution < 1.29 is 13.9 Å². The third kappa shape index (κ3) is 6.48. The first-order valence-electron chi connectivity index (χ1n) is 16.5. The molecule has 49 heavy (non-hydrogen) atoms. The second-order valence-electron chi connectivity index (χ2n) is 12.8.